The highest BCUT2D eigenvalue weighted by Crippen LogP contribution is 2.16. The first-order chi connectivity index (χ1) is 40.5. The summed E-state index contributed by atoms with van der Waals surface area (Å²) in [5.41, 5.74) is 0. The van der Waals surface area contributed by atoms with Crippen LogP contribution in [0.25, 0.3) is 0 Å². The van der Waals surface area contributed by atoms with Gasteiger partial charge in [-0.3, -0.25) is 14.4 Å². The molecule has 462 valence electrons. The Bertz CT molecular complexity index is 1830. The van der Waals surface area contributed by atoms with Gasteiger partial charge in [-0.15, -0.1) is 0 Å². The number of esters is 3. The second kappa shape index (κ2) is 68.5. The molecule has 1 atom stereocenters. The van der Waals surface area contributed by atoms with Gasteiger partial charge in [0.15, 0.2) is 6.10 Å². The molecule has 0 N–H and O–H groups in total. The zero-order valence-electron chi connectivity index (χ0n) is 52.9. The molecule has 0 aromatic heterocycles. The first-order valence-corrected chi connectivity index (χ1v) is 33.5. The molecule has 0 saturated carbocycles. The van der Waals surface area contributed by atoms with Crippen LogP contribution < -0.4 is 0 Å². The lowest BCUT2D eigenvalue weighted by Gasteiger charge is -2.18. The molecule has 6 nitrogen and oxygen atoms in total. The minimum absolute atomic E-state index is 0.114. The number of ether oxygens (including phenoxy) is 3. The van der Waals surface area contributed by atoms with Crippen LogP contribution in [0.5, 0.6) is 0 Å². The molecule has 0 heterocycles. The smallest absolute Gasteiger partial charge is 0.306 e. The molecule has 82 heavy (non-hydrogen) atoms. The second-order valence-electron chi connectivity index (χ2n) is 21.6. The molecule has 0 aromatic rings. The molecule has 0 spiro atoms. The Kier molecular flexibility index (Phi) is 64.4. The van der Waals surface area contributed by atoms with Gasteiger partial charge in [0.25, 0.3) is 0 Å². The first kappa shape index (κ1) is 77.0. The fourth-order valence-electron chi connectivity index (χ4n) is 8.83. The van der Waals surface area contributed by atoms with E-state index in [1.54, 1.807) is 0 Å². The van der Waals surface area contributed by atoms with Crippen LogP contribution in [-0.4, -0.2) is 37.2 Å². The average Bonchev–Trinajstić information content (AvgIpc) is 3.48. The monoisotopic (exact) mass is 1130 g/mol. The van der Waals surface area contributed by atoms with E-state index in [1.807, 2.05) is 6.08 Å². The van der Waals surface area contributed by atoms with Crippen LogP contribution in [-0.2, 0) is 28.6 Å². The van der Waals surface area contributed by atoms with E-state index >= 15 is 0 Å². The maximum atomic E-state index is 12.8. The van der Waals surface area contributed by atoms with E-state index in [1.165, 1.54) is 103 Å². The number of allylic oxidation sites excluding steroid dienone is 26. The average molecular weight is 1130 g/mol. The number of unbranched alkanes of at least 4 members (excludes halogenated alkanes) is 22. The standard InChI is InChI=1S/C76H122O6/c1-4-7-10-13-16-19-22-24-26-28-30-31-32-33-34-35-36-37-38-39-40-41-42-43-44-45-47-48-50-52-54-57-60-63-66-69-75(78)81-72-73(71-80-74(77)68-65-62-59-56-21-18-15-12-9-6-3)82-76(79)70-67-64-61-58-55-53-51-49-46-29-27-25-23-20-17-14-11-8-5-2/h7-8,10-12,15-17,19-20,24-27,30-31,33-34,36-37,46,49,53,55,61,64,73H,4-6,9,13-14,18,21-23,28-29,32,35,38-45,47-48,50-52,54,56-60,62-63,65-72H2,1-3H3/b10-7-,11-8-,15-12-,19-16-,20-17-,26-24-,27-25-,31-30-,34-33-,37-36-,49-46-,55-53-,64-61-. The van der Waals surface area contributed by atoms with Crippen molar-refractivity contribution in [1.29, 1.82) is 0 Å². The third-order valence-corrected chi connectivity index (χ3v) is 13.7. The molecule has 0 aliphatic rings. The Hall–Kier alpha value is -4.97. The number of hydrogen-bond acceptors (Lipinski definition) is 6. The van der Waals surface area contributed by atoms with Crippen molar-refractivity contribution in [2.45, 2.75) is 290 Å². The molecule has 0 fully saturated rings. The van der Waals surface area contributed by atoms with Crippen molar-refractivity contribution in [2.24, 2.45) is 0 Å². The quantitative estimate of drug-likeness (QED) is 0.0261. The highest BCUT2D eigenvalue weighted by atomic mass is 16.6. The van der Waals surface area contributed by atoms with E-state index in [0.717, 1.165) is 135 Å². The maximum absolute atomic E-state index is 12.8. The lowest BCUT2D eigenvalue weighted by atomic mass is 10.0. The number of carbonyl (C=O) groups excluding carboxylic acids is 3. The van der Waals surface area contributed by atoms with Crippen molar-refractivity contribution in [1.82, 2.24) is 0 Å². The molecule has 0 rings (SSSR count). The summed E-state index contributed by atoms with van der Waals surface area (Å²) in [6.45, 7) is 6.28. The van der Waals surface area contributed by atoms with Crippen LogP contribution in [0.4, 0.5) is 0 Å². The van der Waals surface area contributed by atoms with Crippen molar-refractivity contribution >= 4 is 17.9 Å². The predicted molar refractivity (Wildman–Crippen MR) is 357 cm³/mol. The molecule has 0 amide bonds. The Balaban J connectivity index is 4.21. The Labute approximate surface area is 505 Å². The predicted octanol–water partition coefficient (Wildman–Crippen LogP) is 23.3. The Morgan fingerprint density at radius 1 is 0.256 bits per heavy atom. The maximum Gasteiger partial charge on any atom is 0.306 e. The fourth-order valence-corrected chi connectivity index (χ4v) is 8.83. The number of carbonyl (C=O) groups is 3. The Morgan fingerprint density at radius 2 is 0.500 bits per heavy atom. The van der Waals surface area contributed by atoms with E-state index < -0.39 is 12.1 Å². The van der Waals surface area contributed by atoms with Crippen molar-refractivity contribution in [2.75, 3.05) is 13.2 Å². The van der Waals surface area contributed by atoms with Gasteiger partial charge in [-0.25, -0.2) is 0 Å². The third-order valence-electron chi connectivity index (χ3n) is 13.7. The van der Waals surface area contributed by atoms with Gasteiger partial charge in [0.1, 0.15) is 13.2 Å². The van der Waals surface area contributed by atoms with Gasteiger partial charge in [-0.2, -0.15) is 0 Å². The van der Waals surface area contributed by atoms with Crippen LogP contribution in [0.3, 0.4) is 0 Å². The summed E-state index contributed by atoms with van der Waals surface area (Å²) in [5, 5.41) is 0. The van der Waals surface area contributed by atoms with Crippen LogP contribution in [0.2, 0.25) is 0 Å². The van der Waals surface area contributed by atoms with Crippen LogP contribution in [0.1, 0.15) is 284 Å². The van der Waals surface area contributed by atoms with Crippen molar-refractivity contribution in [3.05, 3.63) is 158 Å². The van der Waals surface area contributed by atoms with Gasteiger partial charge in [0, 0.05) is 19.3 Å². The molecule has 0 aliphatic carbocycles. The highest BCUT2D eigenvalue weighted by molar-refractivity contribution is 5.71. The third kappa shape index (κ3) is 65.8. The fraction of sp³-hybridized carbons (Fsp3) is 0.618. The van der Waals surface area contributed by atoms with Gasteiger partial charge >= 0.3 is 17.9 Å². The zero-order valence-corrected chi connectivity index (χ0v) is 52.9. The molecular weight excluding hydrogens is 1010 g/mol. The minimum Gasteiger partial charge on any atom is -0.462 e. The van der Waals surface area contributed by atoms with Crippen LogP contribution >= 0.6 is 0 Å². The van der Waals surface area contributed by atoms with Gasteiger partial charge in [0.05, 0.1) is 0 Å². The lowest BCUT2D eigenvalue weighted by Crippen LogP contribution is -2.30. The minimum atomic E-state index is -0.827. The van der Waals surface area contributed by atoms with Gasteiger partial charge in [-0.1, -0.05) is 294 Å². The first-order valence-electron chi connectivity index (χ1n) is 33.5. The summed E-state index contributed by atoms with van der Waals surface area (Å²) in [4.78, 5) is 38.2. The lowest BCUT2D eigenvalue weighted by molar-refractivity contribution is -0.166. The normalized spacial score (nSPS) is 13.2. The van der Waals surface area contributed by atoms with E-state index in [4.69, 9.17) is 14.2 Å². The molecule has 0 radical (unpaired) electrons. The number of rotatable bonds is 59. The van der Waals surface area contributed by atoms with Crippen molar-refractivity contribution in [3.63, 3.8) is 0 Å². The van der Waals surface area contributed by atoms with Crippen molar-refractivity contribution in [3.8, 4) is 0 Å². The Morgan fingerprint density at radius 3 is 0.805 bits per heavy atom. The van der Waals surface area contributed by atoms with E-state index in [0.29, 0.717) is 19.3 Å². The topological polar surface area (TPSA) is 78.9 Å². The molecular formula is C76H122O6. The summed E-state index contributed by atoms with van der Waals surface area (Å²) in [7, 11) is 0. The molecule has 0 saturated heterocycles. The molecule has 0 aromatic carbocycles. The summed E-state index contributed by atoms with van der Waals surface area (Å²) >= 11 is 0. The number of hydrogen-bond donors (Lipinski definition) is 0. The van der Waals surface area contributed by atoms with Gasteiger partial charge in [0.2, 0.25) is 0 Å². The second-order valence-corrected chi connectivity index (χ2v) is 21.6. The van der Waals surface area contributed by atoms with Crippen LogP contribution in [0.15, 0.2) is 158 Å². The van der Waals surface area contributed by atoms with E-state index in [2.05, 4.69) is 173 Å². The summed E-state index contributed by atoms with van der Waals surface area (Å²) in [5.74, 6) is -1.01. The van der Waals surface area contributed by atoms with E-state index in [9.17, 15) is 14.4 Å². The summed E-state index contributed by atoms with van der Waals surface area (Å²) in [6, 6.07) is 0. The van der Waals surface area contributed by atoms with Gasteiger partial charge in [-0.05, 0) is 128 Å². The SMILES string of the molecule is CC/C=C\C/C=C\C/C=C\C/C=C\C/C=C\C/C=C\CCCCCCCCCCCCCCCCCCC(=O)OCC(COC(=O)CCCCCCC/C=C\CCC)OC(=O)CC/C=C\C/C=C\C/C=C\C/C=C\C/C=C\C/C=C\CC. The molecule has 1 unspecified atom stereocenters. The molecule has 0 bridgehead atoms. The zero-order chi connectivity index (χ0) is 59.2. The highest BCUT2D eigenvalue weighted by Gasteiger charge is 2.19. The van der Waals surface area contributed by atoms with Gasteiger partial charge < -0.3 is 14.2 Å². The summed E-state index contributed by atoms with van der Waals surface area (Å²) < 4.78 is 16.8. The molecule has 0 aliphatic heterocycles. The van der Waals surface area contributed by atoms with E-state index in [-0.39, 0.29) is 31.6 Å². The molecule has 6 heteroatoms. The van der Waals surface area contributed by atoms with Crippen molar-refractivity contribution < 1.29 is 28.6 Å². The summed E-state index contributed by atoms with van der Waals surface area (Å²) in [6.07, 6.45) is 100. The largest absolute Gasteiger partial charge is 0.462 e. The van der Waals surface area contributed by atoms with Crippen LogP contribution in [0, 0.1) is 0 Å².